The van der Waals surface area contributed by atoms with E-state index in [2.05, 4.69) is 5.32 Å². The van der Waals surface area contributed by atoms with Gasteiger partial charge in [-0.1, -0.05) is 60.7 Å². The molecule has 0 aromatic heterocycles. The molecule has 9 heteroatoms. The maximum absolute atomic E-state index is 12.3. The highest BCUT2D eigenvalue weighted by Crippen LogP contribution is 2.23. The molecule has 0 heterocycles. The smallest absolute Gasteiger partial charge is 0.238 e. The van der Waals surface area contributed by atoms with Crippen LogP contribution in [0.2, 0.25) is 0 Å². The molecule has 7 nitrogen and oxygen atoms in total. The highest BCUT2D eigenvalue weighted by molar-refractivity contribution is 7.89. The molecule has 162 valence electrons. The number of hydrogen-bond acceptors (Lipinski definition) is 4. The van der Waals surface area contributed by atoms with Gasteiger partial charge >= 0.3 is 0 Å². The van der Waals surface area contributed by atoms with Gasteiger partial charge in [0.1, 0.15) is 5.84 Å². The number of rotatable bonds is 7. The molecule has 3 rings (SSSR count). The number of hydrogen-bond donors (Lipinski definition) is 4. The lowest BCUT2D eigenvalue weighted by atomic mass is 10.0. The Morgan fingerprint density at radius 3 is 2.13 bits per heavy atom. The van der Waals surface area contributed by atoms with Gasteiger partial charge in [-0.15, -0.1) is 12.4 Å². The number of nitrogens with two attached hydrogens (primary N) is 2. The van der Waals surface area contributed by atoms with E-state index < -0.39 is 10.0 Å². The Balaban J connectivity index is 0.00000341. The number of carbonyl (C=O) groups is 1. The van der Waals surface area contributed by atoms with Crippen molar-refractivity contribution in [2.24, 2.45) is 10.9 Å². The van der Waals surface area contributed by atoms with Crippen molar-refractivity contribution in [1.82, 2.24) is 5.32 Å². The first-order valence-corrected chi connectivity index (χ1v) is 10.7. The molecule has 0 unspecified atom stereocenters. The minimum atomic E-state index is -3.79. The fourth-order valence-corrected chi connectivity index (χ4v) is 3.52. The highest BCUT2D eigenvalue weighted by Gasteiger charge is 2.10. The minimum Gasteiger partial charge on any atom is -0.384 e. The molecule has 0 saturated carbocycles. The molecule has 0 aliphatic rings. The number of benzene rings is 3. The third kappa shape index (κ3) is 6.65. The Morgan fingerprint density at radius 2 is 1.52 bits per heavy atom. The summed E-state index contributed by atoms with van der Waals surface area (Å²) in [4.78, 5) is 12.4. The molecule has 31 heavy (non-hydrogen) atoms. The molecular weight excluding hydrogens is 436 g/mol. The van der Waals surface area contributed by atoms with Gasteiger partial charge in [-0.2, -0.15) is 0 Å². The van der Waals surface area contributed by atoms with Crippen LogP contribution in [-0.4, -0.2) is 20.2 Å². The van der Waals surface area contributed by atoms with Crippen molar-refractivity contribution in [2.45, 2.75) is 17.9 Å². The lowest BCUT2D eigenvalue weighted by molar-refractivity contribution is -0.120. The van der Waals surface area contributed by atoms with E-state index in [-0.39, 0.29) is 35.5 Å². The van der Waals surface area contributed by atoms with Crippen molar-refractivity contribution in [1.29, 1.82) is 5.41 Å². The van der Waals surface area contributed by atoms with Crippen LogP contribution in [0.5, 0.6) is 0 Å². The van der Waals surface area contributed by atoms with Crippen LogP contribution in [0.25, 0.3) is 11.1 Å². The number of sulfonamides is 1. The Hall–Kier alpha value is -3.20. The average molecular weight is 459 g/mol. The summed E-state index contributed by atoms with van der Waals surface area (Å²) in [5.74, 6) is -0.138. The zero-order chi connectivity index (χ0) is 21.7. The number of nitrogen functional groups attached to an aromatic ring is 1. The van der Waals surface area contributed by atoms with Crippen LogP contribution in [0.3, 0.4) is 0 Å². The Labute approximate surface area is 187 Å². The number of primary sulfonamides is 1. The second-order valence-corrected chi connectivity index (χ2v) is 8.40. The van der Waals surface area contributed by atoms with Gasteiger partial charge in [0.25, 0.3) is 0 Å². The highest BCUT2D eigenvalue weighted by atomic mass is 35.5. The van der Waals surface area contributed by atoms with E-state index in [0.29, 0.717) is 17.7 Å². The van der Waals surface area contributed by atoms with Crippen LogP contribution >= 0.6 is 12.4 Å². The summed E-state index contributed by atoms with van der Waals surface area (Å²) in [6, 6.07) is 20.8. The molecule has 0 radical (unpaired) electrons. The summed E-state index contributed by atoms with van der Waals surface area (Å²) in [5, 5.41) is 15.5. The number of halogens is 1. The van der Waals surface area contributed by atoms with Crippen LogP contribution in [0.1, 0.15) is 16.7 Å². The zero-order valence-electron chi connectivity index (χ0n) is 16.5. The van der Waals surface area contributed by atoms with Crippen molar-refractivity contribution < 1.29 is 13.2 Å². The van der Waals surface area contributed by atoms with Gasteiger partial charge in [0.05, 0.1) is 11.3 Å². The van der Waals surface area contributed by atoms with Gasteiger partial charge in [0, 0.05) is 12.1 Å². The molecule has 0 aliphatic heterocycles. The molecule has 0 bridgehead atoms. The van der Waals surface area contributed by atoms with Crippen LogP contribution in [0.15, 0.2) is 77.7 Å². The first kappa shape index (κ1) is 24.1. The van der Waals surface area contributed by atoms with Gasteiger partial charge in [-0.25, -0.2) is 13.6 Å². The largest absolute Gasteiger partial charge is 0.384 e. The maximum Gasteiger partial charge on any atom is 0.238 e. The second-order valence-electron chi connectivity index (χ2n) is 6.84. The van der Waals surface area contributed by atoms with Crippen LogP contribution in [0, 0.1) is 5.41 Å². The summed E-state index contributed by atoms with van der Waals surface area (Å²) in [7, 11) is -3.79. The third-order valence-electron chi connectivity index (χ3n) is 4.54. The number of amidine groups is 1. The molecule has 0 spiro atoms. The lowest BCUT2D eigenvalue weighted by Gasteiger charge is -2.09. The number of nitrogens with one attached hydrogen (secondary N) is 2. The maximum atomic E-state index is 12.3. The van der Waals surface area contributed by atoms with E-state index in [1.54, 1.807) is 24.3 Å². The molecule has 3 aromatic rings. The van der Waals surface area contributed by atoms with Gasteiger partial charge in [0.15, 0.2) is 0 Å². The summed E-state index contributed by atoms with van der Waals surface area (Å²) >= 11 is 0. The van der Waals surface area contributed by atoms with E-state index in [9.17, 15) is 13.2 Å². The first-order chi connectivity index (χ1) is 14.2. The molecule has 6 N–H and O–H groups in total. The average Bonchev–Trinajstić information content (AvgIpc) is 2.72. The van der Waals surface area contributed by atoms with Crippen molar-refractivity contribution >= 4 is 34.2 Å². The third-order valence-corrected chi connectivity index (χ3v) is 5.45. The van der Waals surface area contributed by atoms with Crippen LogP contribution in [0.4, 0.5) is 0 Å². The topological polar surface area (TPSA) is 139 Å². The Kier molecular flexibility index (Phi) is 7.93. The van der Waals surface area contributed by atoms with E-state index >= 15 is 0 Å². The van der Waals surface area contributed by atoms with Crippen molar-refractivity contribution in [3.05, 3.63) is 89.5 Å². The number of carbonyl (C=O) groups excluding carboxylic acids is 1. The molecule has 0 aliphatic carbocycles. The predicted molar refractivity (Wildman–Crippen MR) is 124 cm³/mol. The summed E-state index contributed by atoms with van der Waals surface area (Å²) < 4.78 is 23.2. The van der Waals surface area contributed by atoms with E-state index in [1.807, 2.05) is 36.4 Å². The first-order valence-electron chi connectivity index (χ1n) is 9.14. The van der Waals surface area contributed by atoms with Crippen molar-refractivity contribution in [3.63, 3.8) is 0 Å². The van der Waals surface area contributed by atoms with E-state index in [0.717, 1.165) is 16.7 Å². The summed E-state index contributed by atoms with van der Waals surface area (Å²) in [6.07, 6.45) is 0.189. The summed E-state index contributed by atoms with van der Waals surface area (Å²) in [6.45, 7) is 0.368. The molecule has 0 fully saturated rings. The quantitative estimate of drug-likeness (QED) is 0.319. The molecule has 0 atom stereocenters. The minimum absolute atomic E-state index is 0. The van der Waals surface area contributed by atoms with Crippen molar-refractivity contribution in [2.75, 3.05) is 0 Å². The van der Waals surface area contributed by atoms with Gasteiger partial charge in [0.2, 0.25) is 15.9 Å². The normalized spacial score (nSPS) is 10.7. The molecule has 1 amide bonds. The monoisotopic (exact) mass is 458 g/mol. The van der Waals surface area contributed by atoms with Gasteiger partial charge in [-0.05, 0) is 34.4 Å². The van der Waals surface area contributed by atoms with Gasteiger partial charge in [-0.3, -0.25) is 10.2 Å². The predicted octanol–water partition coefficient (Wildman–Crippen LogP) is 2.57. The van der Waals surface area contributed by atoms with E-state index in [4.69, 9.17) is 16.3 Å². The SMILES string of the molecule is Cl.N=C(N)c1ccc(CNC(=O)Cc2cccc(-c3cccc(S(N)(=O)=O)c3)c2)cc1. The zero-order valence-corrected chi connectivity index (χ0v) is 18.2. The molecule has 0 saturated heterocycles. The van der Waals surface area contributed by atoms with Crippen LogP contribution in [-0.2, 0) is 27.8 Å². The molecule has 3 aromatic carbocycles. The van der Waals surface area contributed by atoms with Crippen molar-refractivity contribution in [3.8, 4) is 11.1 Å². The van der Waals surface area contributed by atoms with Gasteiger partial charge < -0.3 is 11.1 Å². The second kappa shape index (κ2) is 10.2. The fraction of sp³-hybridized carbons (Fsp3) is 0.0909. The Bertz CT molecular complexity index is 1200. The number of amides is 1. The standard InChI is InChI=1S/C22H22N4O3S.ClH/c23-22(24)17-9-7-15(8-10-17)14-26-21(27)12-16-3-1-4-18(11-16)19-5-2-6-20(13-19)30(25,28)29;/h1-11,13H,12,14H2,(H3,23,24)(H,26,27)(H2,25,28,29);1H. The van der Waals surface area contributed by atoms with Crippen LogP contribution < -0.4 is 16.2 Å². The fourth-order valence-electron chi connectivity index (χ4n) is 2.96. The van der Waals surface area contributed by atoms with E-state index in [1.165, 1.54) is 12.1 Å². The summed E-state index contributed by atoms with van der Waals surface area (Å²) in [5.41, 5.74) is 9.27. The lowest BCUT2D eigenvalue weighted by Crippen LogP contribution is -2.24. The molecular formula is C22H23ClN4O3S. The Morgan fingerprint density at radius 1 is 0.903 bits per heavy atom.